The van der Waals surface area contributed by atoms with Gasteiger partial charge in [0.15, 0.2) is 0 Å². The Bertz CT molecular complexity index is 3380. The Labute approximate surface area is 391 Å². The van der Waals surface area contributed by atoms with E-state index in [1.807, 2.05) is 0 Å². The zero-order chi connectivity index (χ0) is 43.7. The van der Waals surface area contributed by atoms with Crippen molar-refractivity contribution < 1.29 is 0 Å². The molecule has 0 fully saturated rings. The second kappa shape index (κ2) is 14.1. The van der Waals surface area contributed by atoms with Crippen LogP contribution in [0.2, 0.25) is 0 Å². The summed E-state index contributed by atoms with van der Waals surface area (Å²) in [6, 6.07) is 72.3. The number of hydrogen-bond acceptors (Lipinski definition) is 0. The lowest BCUT2D eigenvalue weighted by atomic mass is 9.68. The van der Waals surface area contributed by atoms with Gasteiger partial charge in [-0.3, -0.25) is 0 Å². The standard InChI is InChI=1S/C63H49I/c1-38-18-22-40(23-19-38)43-28-32-56-51(34-43)48-12-7-9-16-54(48)63(56,6)58-36-44(41-24-20-39(2)21-25-41)35-57-59(58)50-13-8-10-17-55(50)62(57,5)45-29-33-53-52(37-45)49-15-11-14-47(60(49)61(53,3)4)42-26-30-46(64)31-27-42/h7-37H,1-6H3. The molecular formula is C63H49I. The summed E-state index contributed by atoms with van der Waals surface area (Å²) >= 11 is 2.41. The highest BCUT2D eigenvalue weighted by molar-refractivity contribution is 14.1. The van der Waals surface area contributed by atoms with Crippen molar-refractivity contribution in [2.45, 2.75) is 57.8 Å². The second-order valence-electron chi connectivity index (χ2n) is 19.4. The summed E-state index contributed by atoms with van der Waals surface area (Å²) in [4.78, 5) is 0. The highest BCUT2D eigenvalue weighted by Gasteiger charge is 2.49. The molecule has 3 aliphatic rings. The third-order valence-electron chi connectivity index (χ3n) is 15.4. The van der Waals surface area contributed by atoms with Gasteiger partial charge in [-0.2, -0.15) is 0 Å². The smallest absolute Gasteiger partial charge is 0.0442 e. The van der Waals surface area contributed by atoms with Gasteiger partial charge in [0.25, 0.3) is 0 Å². The lowest BCUT2D eigenvalue weighted by molar-refractivity contribution is 0.659. The Morgan fingerprint density at radius 3 is 1.52 bits per heavy atom. The summed E-state index contributed by atoms with van der Waals surface area (Å²) < 4.78 is 1.25. The second-order valence-corrected chi connectivity index (χ2v) is 20.6. The van der Waals surface area contributed by atoms with E-state index in [0.717, 1.165) is 0 Å². The topological polar surface area (TPSA) is 0 Å². The van der Waals surface area contributed by atoms with Crippen LogP contribution in [0.15, 0.2) is 188 Å². The highest BCUT2D eigenvalue weighted by Crippen LogP contribution is 2.62. The predicted octanol–water partition coefficient (Wildman–Crippen LogP) is 16.9. The van der Waals surface area contributed by atoms with Crippen LogP contribution in [0.3, 0.4) is 0 Å². The van der Waals surface area contributed by atoms with Gasteiger partial charge in [0.2, 0.25) is 0 Å². The lowest BCUT2D eigenvalue weighted by Gasteiger charge is -2.34. The lowest BCUT2D eigenvalue weighted by Crippen LogP contribution is -2.26. The summed E-state index contributed by atoms with van der Waals surface area (Å²) in [6.45, 7) is 14.2. The van der Waals surface area contributed by atoms with Gasteiger partial charge in [0.1, 0.15) is 0 Å². The van der Waals surface area contributed by atoms with Crippen molar-refractivity contribution in [2.24, 2.45) is 0 Å². The minimum absolute atomic E-state index is 0.155. The predicted molar refractivity (Wildman–Crippen MR) is 277 cm³/mol. The van der Waals surface area contributed by atoms with E-state index >= 15 is 0 Å². The largest absolute Gasteiger partial charge is 0.0619 e. The molecule has 0 spiro atoms. The Hall–Kier alpha value is -6.29. The van der Waals surface area contributed by atoms with Crippen LogP contribution < -0.4 is 0 Å². The molecule has 0 saturated heterocycles. The molecule has 2 unspecified atom stereocenters. The first-order valence-electron chi connectivity index (χ1n) is 22.7. The highest BCUT2D eigenvalue weighted by atomic mass is 127. The Balaban J connectivity index is 1.11. The van der Waals surface area contributed by atoms with Crippen LogP contribution in [0.4, 0.5) is 0 Å². The number of fused-ring (bicyclic) bond motifs is 9. The fraction of sp³-hybridized carbons (Fsp3) is 0.143. The van der Waals surface area contributed by atoms with Crippen LogP contribution in [0.1, 0.15) is 83.3 Å². The van der Waals surface area contributed by atoms with Crippen LogP contribution in [0, 0.1) is 17.4 Å². The third-order valence-corrected chi connectivity index (χ3v) is 16.2. The first-order chi connectivity index (χ1) is 31.0. The summed E-state index contributed by atoms with van der Waals surface area (Å²) in [7, 11) is 0. The minimum atomic E-state index is -0.427. The molecule has 0 radical (unpaired) electrons. The van der Waals surface area contributed by atoms with Gasteiger partial charge >= 0.3 is 0 Å². The number of hydrogen-bond donors (Lipinski definition) is 0. The monoisotopic (exact) mass is 932 g/mol. The van der Waals surface area contributed by atoms with Crippen LogP contribution in [0.5, 0.6) is 0 Å². The normalized spacial score (nSPS) is 18.2. The van der Waals surface area contributed by atoms with Gasteiger partial charge in [-0.05, 0) is 198 Å². The molecule has 0 aromatic heterocycles. The summed E-state index contributed by atoms with van der Waals surface area (Å²) in [5.74, 6) is 0. The van der Waals surface area contributed by atoms with Gasteiger partial charge in [-0.1, -0.05) is 177 Å². The van der Waals surface area contributed by atoms with E-state index in [9.17, 15) is 0 Å². The Morgan fingerprint density at radius 2 is 0.828 bits per heavy atom. The van der Waals surface area contributed by atoms with Gasteiger partial charge in [-0.15, -0.1) is 0 Å². The summed E-state index contributed by atoms with van der Waals surface area (Å²) in [6.07, 6.45) is 0. The van der Waals surface area contributed by atoms with Gasteiger partial charge in [-0.25, -0.2) is 0 Å². The Kier molecular flexibility index (Phi) is 8.66. The van der Waals surface area contributed by atoms with Crippen molar-refractivity contribution in [3.05, 3.63) is 247 Å². The van der Waals surface area contributed by atoms with Crippen LogP contribution in [0.25, 0.3) is 66.8 Å². The maximum absolute atomic E-state index is 2.55. The van der Waals surface area contributed by atoms with Gasteiger partial charge in [0, 0.05) is 19.8 Å². The first kappa shape index (κ1) is 39.3. The molecule has 2 atom stereocenters. The maximum Gasteiger partial charge on any atom is 0.0442 e. The first-order valence-corrected chi connectivity index (χ1v) is 23.8. The molecule has 12 rings (SSSR count). The number of aryl methyl sites for hydroxylation is 2. The number of rotatable bonds is 5. The summed E-state index contributed by atoms with van der Waals surface area (Å²) in [5, 5.41) is 0. The molecule has 64 heavy (non-hydrogen) atoms. The van der Waals surface area contributed by atoms with Crippen molar-refractivity contribution in [3.8, 4) is 66.8 Å². The molecule has 0 bridgehead atoms. The van der Waals surface area contributed by atoms with Gasteiger partial charge < -0.3 is 0 Å². The zero-order valence-electron chi connectivity index (χ0n) is 37.3. The fourth-order valence-corrected chi connectivity index (χ4v) is 12.4. The zero-order valence-corrected chi connectivity index (χ0v) is 39.4. The SMILES string of the molecule is Cc1ccc(-c2ccc3c(c2)-c2ccccc2C3(C)c2cc(-c3ccc(C)cc3)cc3c2-c2ccccc2C3(C)c2ccc3c(c2)-c2cccc(-c4ccc(I)cc4)c2C3(C)C)cc1. The molecule has 1 heteroatoms. The molecule has 0 heterocycles. The van der Waals surface area contributed by atoms with Gasteiger partial charge in [0.05, 0.1) is 0 Å². The fourth-order valence-electron chi connectivity index (χ4n) is 12.0. The van der Waals surface area contributed by atoms with E-state index in [0.29, 0.717) is 0 Å². The molecule has 0 nitrogen and oxygen atoms in total. The van der Waals surface area contributed by atoms with Crippen molar-refractivity contribution >= 4 is 22.6 Å². The van der Waals surface area contributed by atoms with Crippen LogP contribution >= 0.6 is 22.6 Å². The van der Waals surface area contributed by atoms with E-state index in [2.05, 4.69) is 252 Å². The maximum atomic E-state index is 2.55. The van der Waals surface area contributed by atoms with E-state index in [1.165, 1.54) is 126 Å². The van der Waals surface area contributed by atoms with E-state index < -0.39 is 10.8 Å². The average molecular weight is 933 g/mol. The number of halogens is 1. The molecule has 308 valence electrons. The molecule has 0 saturated carbocycles. The molecule has 0 aliphatic heterocycles. The minimum Gasteiger partial charge on any atom is -0.0619 e. The van der Waals surface area contributed by atoms with Crippen molar-refractivity contribution in [3.63, 3.8) is 0 Å². The van der Waals surface area contributed by atoms with E-state index in [4.69, 9.17) is 0 Å². The summed E-state index contributed by atoms with van der Waals surface area (Å²) in [5.41, 5.74) is 28.1. The molecule has 0 amide bonds. The molecule has 3 aliphatic carbocycles. The molecule has 9 aromatic rings. The molecule has 9 aromatic carbocycles. The molecular weight excluding hydrogens is 884 g/mol. The quantitative estimate of drug-likeness (QED) is 0.151. The average Bonchev–Trinajstić information content (AvgIpc) is 3.84. The van der Waals surface area contributed by atoms with Crippen molar-refractivity contribution in [1.82, 2.24) is 0 Å². The third kappa shape index (κ3) is 5.53. The van der Waals surface area contributed by atoms with Crippen molar-refractivity contribution in [2.75, 3.05) is 0 Å². The van der Waals surface area contributed by atoms with E-state index in [1.54, 1.807) is 0 Å². The van der Waals surface area contributed by atoms with E-state index in [-0.39, 0.29) is 5.41 Å². The molecule has 0 N–H and O–H groups in total. The number of benzene rings is 9. The van der Waals surface area contributed by atoms with Crippen LogP contribution in [-0.2, 0) is 16.2 Å². The Morgan fingerprint density at radius 1 is 0.328 bits per heavy atom. The van der Waals surface area contributed by atoms with Crippen molar-refractivity contribution in [1.29, 1.82) is 0 Å². The van der Waals surface area contributed by atoms with Crippen LogP contribution in [-0.4, -0.2) is 0 Å².